The molecule has 2 rings (SSSR count). The lowest BCUT2D eigenvalue weighted by molar-refractivity contribution is -0.123. The monoisotopic (exact) mass is 461 g/mol. The van der Waals surface area contributed by atoms with E-state index in [-0.39, 0.29) is 16.7 Å². The Morgan fingerprint density at radius 3 is 2.12 bits per heavy atom. The van der Waals surface area contributed by atoms with E-state index in [2.05, 4.69) is 35.8 Å². The van der Waals surface area contributed by atoms with Gasteiger partial charge in [-0.15, -0.1) is 0 Å². The normalized spacial score (nSPS) is 12.9. The molecule has 32 heavy (non-hydrogen) atoms. The van der Waals surface area contributed by atoms with E-state index in [1.807, 2.05) is 38.1 Å². The number of nitrogens with one attached hydrogen (secondary N) is 2. The molecule has 0 aromatic heterocycles. The number of benzene rings is 2. The van der Waals surface area contributed by atoms with E-state index in [0.717, 1.165) is 17.7 Å². The average molecular weight is 462 g/mol. The highest BCUT2D eigenvalue weighted by atomic mass is 32.2. The number of ether oxygens (including phenoxy) is 1. The van der Waals surface area contributed by atoms with Crippen LogP contribution in [-0.2, 0) is 27.9 Å². The van der Waals surface area contributed by atoms with Crippen LogP contribution in [0.5, 0.6) is 5.75 Å². The van der Waals surface area contributed by atoms with E-state index in [4.69, 9.17) is 4.74 Å². The van der Waals surface area contributed by atoms with Crippen LogP contribution >= 0.6 is 0 Å². The van der Waals surface area contributed by atoms with Crippen molar-refractivity contribution in [3.63, 3.8) is 0 Å². The summed E-state index contributed by atoms with van der Waals surface area (Å²) in [6, 6.07) is 13.5. The van der Waals surface area contributed by atoms with Crippen LogP contribution in [0.25, 0.3) is 0 Å². The van der Waals surface area contributed by atoms with Gasteiger partial charge in [-0.25, -0.2) is 8.42 Å². The van der Waals surface area contributed by atoms with Gasteiger partial charge in [0.15, 0.2) is 0 Å². The minimum Gasteiger partial charge on any atom is -0.497 e. The minimum absolute atomic E-state index is 0.0822. The fourth-order valence-corrected chi connectivity index (χ4v) is 4.45. The van der Waals surface area contributed by atoms with Gasteiger partial charge in [0, 0.05) is 19.1 Å². The molecule has 1 amide bonds. The van der Waals surface area contributed by atoms with Gasteiger partial charge in [-0.2, -0.15) is 4.72 Å². The third-order valence-electron chi connectivity index (χ3n) is 5.47. The Bertz CT molecular complexity index is 989. The molecule has 0 saturated heterocycles. The van der Waals surface area contributed by atoms with Crippen LogP contribution in [0, 0.1) is 5.92 Å². The Morgan fingerprint density at radius 1 is 1.00 bits per heavy atom. The van der Waals surface area contributed by atoms with Crippen LogP contribution in [-0.4, -0.2) is 45.5 Å². The maximum Gasteiger partial charge on any atom is 0.241 e. The van der Waals surface area contributed by atoms with Gasteiger partial charge < -0.3 is 10.1 Å². The summed E-state index contributed by atoms with van der Waals surface area (Å²) in [6.07, 6.45) is 0. The highest BCUT2D eigenvalue weighted by Gasteiger charge is 2.28. The third kappa shape index (κ3) is 7.05. The number of hydrogen-bond donors (Lipinski definition) is 2. The van der Waals surface area contributed by atoms with Gasteiger partial charge >= 0.3 is 0 Å². The highest BCUT2D eigenvalue weighted by molar-refractivity contribution is 7.89. The summed E-state index contributed by atoms with van der Waals surface area (Å²) in [7, 11) is -0.292. The molecule has 0 spiro atoms. The summed E-state index contributed by atoms with van der Waals surface area (Å²) < 4.78 is 33.3. The number of nitrogens with zero attached hydrogens (tertiary/aromatic N) is 1. The summed E-state index contributed by atoms with van der Waals surface area (Å²) in [5.74, 6) is -0.0293. The summed E-state index contributed by atoms with van der Waals surface area (Å²) >= 11 is 0. The van der Waals surface area contributed by atoms with Crippen molar-refractivity contribution >= 4 is 15.9 Å². The Labute approximate surface area is 192 Å². The maximum atomic E-state index is 12.9. The molecule has 0 aliphatic carbocycles. The molecule has 176 valence electrons. The van der Waals surface area contributed by atoms with Crippen molar-refractivity contribution in [1.29, 1.82) is 0 Å². The van der Waals surface area contributed by atoms with Crippen LogP contribution < -0.4 is 14.8 Å². The molecule has 0 fully saturated rings. The predicted octanol–water partition coefficient (Wildman–Crippen LogP) is 3.15. The molecule has 7 nitrogen and oxygen atoms in total. The molecule has 2 aromatic carbocycles. The number of carbonyl (C=O) groups is 1. The Hall–Kier alpha value is -2.42. The lowest BCUT2D eigenvalue weighted by Gasteiger charge is -2.24. The zero-order valence-corrected chi connectivity index (χ0v) is 20.6. The Kier molecular flexibility index (Phi) is 9.24. The SMILES string of the molecule is COc1ccc(S(=O)(=O)N[C@H](C(=O)NCc2ccccc2CN(C)C(C)C)C(C)C)cc1. The second kappa shape index (κ2) is 11.4. The molecule has 2 N–H and O–H groups in total. The molecule has 8 heteroatoms. The molecule has 0 heterocycles. The molecule has 2 aromatic rings. The first-order valence-electron chi connectivity index (χ1n) is 10.8. The smallest absolute Gasteiger partial charge is 0.241 e. The van der Waals surface area contributed by atoms with Crippen LogP contribution in [0.4, 0.5) is 0 Å². The zero-order chi connectivity index (χ0) is 23.9. The molecule has 0 bridgehead atoms. The molecular formula is C24H35N3O4S. The zero-order valence-electron chi connectivity index (χ0n) is 19.8. The topological polar surface area (TPSA) is 87.7 Å². The van der Waals surface area contributed by atoms with Crippen molar-refractivity contribution in [1.82, 2.24) is 14.9 Å². The van der Waals surface area contributed by atoms with Crippen molar-refractivity contribution in [3.05, 3.63) is 59.7 Å². The van der Waals surface area contributed by atoms with Crippen LogP contribution in [0.15, 0.2) is 53.4 Å². The van der Waals surface area contributed by atoms with Crippen molar-refractivity contribution in [3.8, 4) is 5.75 Å². The molecule has 1 atom stereocenters. The van der Waals surface area contributed by atoms with Gasteiger partial charge in [-0.05, 0) is 62.2 Å². The van der Waals surface area contributed by atoms with Gasteiger partial charge in [0.2, 0.25) is 15.9 Å². The number of rotatable bonds is 11. The van der Waals surface area contributed by atoms with E-state index >= 15 is 0 Å². The van der Waals surface area contributed by atoms with Crippen molar-refractivity contribution in [2.24, 2.45) is 5.92 Å². The maximum absolute atomic E-state index is 12.9. The molecule has 0 aliphatic heterocycles. The first-order chi connectivity index (χ1) is 15.0. The Morgan fingerprint density at radius 2 is 1.59 bits per heavy atom. The summed E-state index contributed by atoms with van der Waals surface area (Å²) in [5.41, 5.74) is 2.14. The van der Waals surface area contributed by atoms with E-state index in [1.54, 1.807) is 12.1 Å². The van der Waals surface area contributed by atoms with E-state index in [0.29, 0.717) is 18.3 Å². The summed E-state index contributed by atoms with van der Waals surface area (Å²) in [5, 5.41) is 2.91. The number of hydrogen-bond acceptors (Lipinski definition) is 5. The van der Waals surface area contributed by atoms with Crippen molar-refractivity contribution in [2.75, 3.05) is 14.2 Å². The van der Waals surface area contributed by atoms with Gasteiger partial charge in [-0.3, -0.25) is 9.69 Å². The number of amides is 1. The van der Waals surface area contributed by atoms with E-state index < -0.39 is 16.1 Å². The second-order valence-electron chi connectivity index (χ2n) is 8.51. The standard InChI is InChI=1S/C24H35N3O4S/c1-17(2)23(26-32(29,30)22-13-11-21(31-6)12-14-22)24(28)25-15-19-9-7-8-10-20(19)16-27(5)18(3)4/h7-14,17-18,23,26H,15-16H2,1-6H3,(H,25,28)/t23-/m0/s1. The van der Waals surface area contributed by atoms with Gasteiger partial charge in [-0.1, -0.05) is 38.1 Å². The minimum atomic E-state index is -3.86. The average Bonchev–Trinajstić information content (AvgIpc) is 2.76. The first kappa shape index (κ1) is 25.8. The number of carbonyl (C=O) groups excluding carboxylic acids is 1. The molecule has 0 unspecified atom stereocenters. The van der Waals surface area contributed by atoms with E-state index in [1.165, 1.54) is 19.2 Å². The van der Waals surface area contributed by atoms with Gasteiger partial charge in [0.1, 0.15) is 11.8 Å². The molecular weight excluding hydrogens is 426 g/mol. The number of methoxy groups -OCH3 is 1. The largest absolute Gasteiger partial charge is 0.497 e. The summed E-state index contributed by atoms with van der Waals surface area (Å²) in [6.45, 7) is 8.98. The van der Waals surface area contributed by atoms with Crippen molar-refractivity contribution < 1.29 is 17.9 Å². The van der Waals surface area contributed by atoms with Crippen LogP contribution in [0.2, 0.25) is 0 Å². The predicted molar refractivity (Wildman–Crippen MR) is 127 cm³/mol. The fraction of sp³-hybridized carbons (Fsp3) is 0.458. The molecule has 0 saturated carbocycles. The lowest BCUT2D eigenvalue weighted by atomic mass is 10.0. The Balaban J connectivity index is 2.11. The van der Waals surface area contributed by atoms with Crippen LogP contribution in [0.3, 0.4) is 0 Å². The number of sulfonamides is 1. The van der Waals surface area contributed by atoms with Crippen LogP contribution in [0.1, 0.15) is 38.8 Å². The van der Waals surface area contributed by atoms with Crippen molar-refractivity contribution in [2.45, 2.75) is 57.8 Å². The van der Waals surface area contributed by atoms with Gasteiger partial charge in [0.05, 0.1) is 12.0 Å². The highest BCUT2D eigenvalue weighted by Crippen LogP contribution is 2.17. The quantitative estimate of drug-likeness (QED) is 0.537. The lowest BCUT2D eigenvalue weighted by Crippen LogP contribution is -2.49. The third-order valence-corrected chi connectivity index (χ3v) is 6.93. The first-order valence-corrected chi connectivity index (χ1v) is 12.2. The molecule has 0 aliphatic rings. The second-order valence-corrected chi connectivity index (χ2v) is 10.2. The summed E-state index contributed by atoms with van der Waals surface area (Å²) in [4.78, 5) is 15.2. The fourth-order valence-electron chi connectivity index (χ4n) is 3.11. The molecule has 0 radical (unpaired) electrons. The van der Waals surface area contributed by atoms with E-state index in [9.17, 15) is 13.2 Å². The van der Waals surface area contributed by atoms with Gasteiger partial charge in [0.25, 0.3) is 0 Å².